The van der Waals surface area contributed by atoms with E-state index in [2.05, 4.69) is 14.7 Å². The standard InChI is InChI=1S/C8H18N2O2.C7H18N2O/c11-7-5-9-1-2-10(4-3-9)6-8-12;1-6(10)7(8)4-5-9(2)3/h11-12H,1-8H2;6-7,10H,4-5,8H2,1-3H3. The molecule has 2 atom stereocenters. The van der Waals surface area contributed by atoms with Gasteiger partial charge in [-0.2, -0.15) is 0 Å². The lowest BCUT2D eigenvalue weighted by Gasteiger charge is -2.33. The van der Waals surface area contributed by atoms with Crippen LogP contribution < -0.4 is 5.73 Å². The van der Waals surface area contributed by atoms with Crippen molar-refractivity contribution >= 4 is 0 Å². The molecule has 0 aliphatic carbocycles. The number of nitrogens with zero attached hydrogens (tertiary/aromatic N) is 3. The molecule has 0 bridgehead atoms. The second kappa shape index (κ2) is 13.2. The van der Waals surface area contributed by atoms with Gasteiger partial charge in [0.2, 0.25) is 0 Å². The SMILES string of the molecule is CC(O)C(N)CCN(C)C.OCCN1CCN(CCO)CC1. The van der Waals surface area contributed by atoms with Gasteiger partial charge in [-0.25, -0.2) is 0 Å². The molecule has 0 radical (unpaired) electrons. The lowest BCUT2D eigenvalue weighted by atomic mass is 10.1. The first kappa shape index (κ1) is 21.7. The van der Waals surface area contributed by atoms with Gasteiger partial charge in [0.25, 0.3) is 0 Å². The Bertz CT molecular complexity index is 233. The summed E-state index contributed by atoms with van der Waals surface area (Å²) in [5.74, 6) is 0. The van der Waals surface area contributed by atoms with E-state index >= 15 is 0 Å². The molecule has 1 rings (SSSR count). The number of hydrogen-bond donors (Lipinski definition) is 4. The lowest BCUT2D eigenvalue weighted by molar-refractivity contribution is 0.0984. The molecule has 1 heterocycles. The molecule has 0 aromatic carbocycles. The molecule has 7 nitrogen and oxygen atoms in total. The van der Waals surface area contributed by atoms with E-state index in [-0.39, 0.29) is 25.4 Å². The van der Waals surface area contributed by atoms with Gasteiger partial charge in [-0.3, -0.25) is 9.80 Å². The summed E-state index contributed by atoms with van der Waals surface area (Å²) in [4.78, 5) is 6.55. The molecule has 1 aliphatic heterocycles. The average molecular weight is 320 g/mol. The van der Waals surface area contributed by atoms with Crippen LogP contribution >= 0.6 is 0 Å². The minimum Gasteiger partial charge on any atom is -0.395 e. The number of nitrogens with two attached hydrogens (primary N) is 1. The molecule has 0 aromatic rings. The van der Waals surface area contributed by atoms with Gasteiger partial charge in [-0.1, -0.05) is 0 Å². The second-order valence-electron chi connectivity index (χ2n) is 6.13. The fraction of sp³-hybridized carbons (Fsp3) is 1.00. The van der Waals surface area contributed by atoms with Gasteiger partial charge in [-0.05, 0) is 34.0 Å². The summed E-state index contributed by atoms with van der Waals surface area (Å²) in [5, 5.41) is 26.4. The highest BCUT2D eigenvalue weighted by Gasteiger charge is 2.14. The van der Waals surface area contributed by atoms with Crippen molar-refractivity contribution in [1.82, 2.24) is 14.7 Å². The summed E-state index contributed by atoms with van der Waals surface area (Å²) in [6.45, 7) is 8.79. The zero-order chi connectivity index (χ0) is 17.0. The molecule has 0 amide bonds. The summed E-state index contributed by atoms with van der Waals surface area (Å²) in [6, 6.07) is -0.0811. The minimum atomic E-state index is -0.389. The maximum absolute atomic E-state index is 8.99. The summed E-state index contributed by atoms with van der Waals surface area (Å²) >= 11 is 0. The highest BCUT2D eigenvalue weighted by molar-refractivity contribution is 4.71. The van der Waals surface area contributed by atoms with Crippen molar-refractivity contribution < 1.29 is 15.3 Å². The average Bonchev–Trinajstić information content (AvgIpc) is 2.48. The zero-order valence-electron chi connectivity index (χ0n) is 14.5. The van der Waals surface area contributed by atoms with E-state index in [4.69, 9.17) is 21.1 Å². The number of rotatable bonds is 8. The molecule has 134 valence electrons. The van der Waals surface area contributed by atoms with Gasteiger partial charge < -0.3 is 26.0 Å². The van der Waals surface area contributed by atoms with Gasteiger partial charge >= 0.3 is 0 Å². The third-order valence-corrected chi connectivity index (χ3v) is 3.83. The monoisotopic (exact) mass is 320 g/mol. The van der Waals surface area contributed by atoms with E-state index in [0.29, 0.717) is 0 Å². The van der Waals surface area contributed by atoms with Crippen molar-refractivity contribution in [2.45, 2.75) is 25.5 Å². The first-order valence-electron chi connectivity index (χ1n) is 8.15. The molecule has 0 saturated carbocycles. The van der Waals surface area contributed by atoms with Crippen LogP contribution in [0.2, 0.25) is 0 Å². The number of aliphatic hydroxyl groups is 3. The molecular weight excluding hydrogens is 284 g/mol. The van der Waals surface area contributed by atoms with Crippen LogP contribution in [0.3, 0.4) is 0 Å². The van der Waals surface area contributed by atoms with Crippen LogP contribution in [-0.4, -0.2) is 115 Å². The first-order valence-corrected chi connectivity index (χ1v) is 8.15. The third-order valence-electron chi connectivity index (χ3n) is 3.83. The van der Waals surface area contributed by atoms with Crippen LogP contribution in [0.5, 0.6) is 0 Å². The van der Waals surface area contributed by atoms with Crippen LogP contribution in [-0.2, 0) is 0 Å². The first-order chi connectivity index (χ1) is 10.4. The molecule has 5 N–H and O–H groups in total. The Morgan fingerprint density at radius 3 is 1.68 bits per heavy atom. The summed E-state index contributed by atoms with van der Waals surface area (Å²) in [5.41, 5.74) is 5.59. The van der Waals surface area contributed by atoms with E-state index in [9.17, 15) is 0 Å². The van der Waals surface area contributed by atoms with Crippen LogP contribution in [0.4, 0.5) is 0 Å². The van der Waals surface area contributed by atoms with Crippen LogP contribution in [0, 0.1) is 0 Å². The van der Waals surface area contributed by atoms with Crippen molar-refractivity contribution in [2.24, 2.45) is 5.73 Å². The van der Waals surface area contributed by atoms with E-state index in [0.717, 1.165) is 52.2 Å². The van der Waals surface area contributed by atoms with Crippen LogP contribution in [0.15, 0.2) is 0 Å². The number of hydrogen-bond acceptors (Lipinski definition) is 7. The Labute approximate surface area is 135 Å². The largest absolute Gasteiger partial charge is 0.395 e. The normalized spacial score (nSPS) is 19.6. The van der Waals surface area contributed by atoms with E-state index < -0.39 is 0 Å². The van der Waals surface area contributed by atoms with E-state index in [1.54, 1.807) is 6.92 Å². The van der Waals surface area contributed by atoms with E-state index in [1.807, 2.05) is 14.1 Å². The third kappa shape index (κ3) is 11.3. The Balaban J connectivity index is 0.000000409. The Hall–Kier alpha value is -0.280. The molecular formula is C15H36N4O3. The van der Waals surface area contributed by atoms with Gasteiger partial charge in [0.05, 0.1) is 19.3 Å². The molecule has 0 spiro atoms. The zero-order valence-corrected chi connectivity index (χ0v) is 14.5. The van der Waals surface area contributed by atoms with Gasteiger partial charge in [-0.15, -0.1) is 0 Å². The summed E-state index contributed by atoms with van der Waals surface area (Å²) in [7, 11) is 3.99. The molecule has 7 heteroatoms. The highest BCUT2D eigenvalue weighted by Crippen LogP contribution is 1.99. The topological polar surface area (TPSA) is 96.4 Å². The van der Waals surface area contributed by atoms with Crippen molar-refractivity contribution in [1.29, 1.82) is 0 Å². The van der Waals surface area contributed by atoms with Gasteiger partial charge in [0, 0.05) is 45.3 Å². The molecule has 22 heavy (non-hydrogen) atoms. The van der Waals surface area contributed by atoms with Gasteiger partial charge in [0.1, 0.15) is 0 Å². The summed E-state index contributed by atoms with van der Waals surface area (Å²) < 4.78 is 0. The summed E-state index contributed by atoms with van der Waals surface area (Å²) in [6.07, 6.45) is 0.463. The molecule has 1 saturated heterocycles. The number of piperazine rings is 1. The second-order valence-corrected chi connectivity index (χ2v) is 6.13. The van der Waals surface area contributed by atoms with Crippen molar-refractivity contribution in [3.8, 4) is 0 Å². The predicted octanol–water partition coefficient (Wildman–Crippen LogP) is -1.77. The maximum Gasteiger partial charge on any atom is 0.0663 e. The van der Waals surface area contributed by atoms with Gasteiger partial charge in [0.15, 0.2) is 0 Å². The quantitative estimate of drug-likeness (QED) is 0.420. The van der Waals surface area contributed by atoms with Crippen molar-refractivity contribution in [3.63, 3.8) is 0 Å². The molecule has 2 unspecified atom stereocenters. The van der Waals surface area contributed by atoms with Crippen LogP contribution in [0.1, 0.15) is 13.3 Å². The maximum atomic E-state index is 8.99. The van der Waals surface area contributed by atoms with Crippen LogP contribution in [0.25, 0.3) is 0 Å². The molecule has 0 aromatic heterocycles. The molecule has 1 fully saturated rings. The smallest absolute Gasteiger partial charge is 0.0663 e. The Morgan fingerprint density at radius 1 is 1.00 bits per heavy atom. The number of aliphatic hydroxyl groups excluding tert-OH is 3. The van der Waals surface area contributed by atoms with Crippen molar-refractivity contribution in [3.05, 3.63) is 0 Å². The Kier molecular flexibility index (Phi) is 13.0. The fourth-order valence-corrected chi connectivity index (χ4v) is 2.17. The molecule has 1 aliphatic rings. The fourth-order valence-electron chi connectivity index (χ4n) is 2.17. The Morgan fingerprint density at radius 2 is 1.41 bits per heavy atom. The predicted molar refractivity (Wildman–Crippen MR) is 89.9 cm³/mol. The van der Waals surface area contributed by atoms with E-state index in [1.165, 1.54) is 0 Å². The minimum absolute atomic E-state index is 0.0811. The number of β-amino-alcohol motifs (C(OH)–C–C–N with tert-alkyl or cyclic N) is 2. The lowest BCUT2D eigenvalue weighted by Crippen LogP contribution is -2.47. The highest BCUT2D eigenvalue weighted by atomic mass is 16.3. The van der Waals surface area contributed by atoms with Crippen molar-refractivity contribution in [2.75, 3.05) is 73.1 Å².